The van der Waals surface area contributed by atoms with Crippen LogP contribution in [0.4, 0.5) is 5.69 Å². The van der Waals surface area contributed by atoms with E-state index in [0.29, 0.717) is 23.7 Å². The molecule has 126 valence electrons. The molecule has 0 aliphatic heterocycles. The maximum atomic E-state index is 10.2. The first-order valence-electron chi connectivity index (χ1n) is 7.66. The van der Waals surface area contributed by atoms with E-state index in [1.165, 1.54) is 5.56 Å². The van der Waals surface area contributed by atoms with Gasteiger partial charge in [0.25, 0.3) is 0 Å². The molecular weight excluding hydrogens is 320 g/mol. The van der Waals surface area contributed by atoms with E-state index in [9.17, 15) is 9.59 Å². The summed E-state index contributed by atoms with van der Waals surface area (Å²) in [6.45, 7) is 2.63. The van der Waals surface area contributed by atoms with Gasteiger partial charge in [-0.05, 0) is 44.0 Å². The Morgan fingerprint density at radius 3 is 2.17 bits per heavy atom. The number of rotatable bonds is 6. The van der Waals surface area contributed by atoms with Crippen molar-refractivity contribution in [1.29, 1.82) is 0 Å². The predicted octanol–water partition coefficient (Wildman–Crippen LogP) is 3.90. The van der Waals surface area contributed by atoms with E-state index in [1.54, 1.807) is 30.5 Å². The molecule has 4 nitrogen and oxygen atoms in total. The van der Waals surface area contributed by atoms with E-state index in [2.05, 4.69) is 29.8 Å². The first-order chi connectivity index (χ1) is 11.7. The average Bonchev–Trinajstić information content (AvgIpc) is 2.62. The lowest BCUT2D eigenvalue weighted by Gasteiger charge is -2.03. The van der Waals surface area contributed by atoms with Gasteiger partial charge in [-0.1, -0.05) is 30.3 Å². The fourth-order valence-electron chi connectivity index (χ4n) is 2.00. The normalized spacial score (nSPS) is 10.1. The van der Waals surface area contributed by atoms with Gasteiger partial charge in [-0.3, -0.25) is 14.6 Å². The number of nitrogens with two attached hydrogens (primary N) is 1. The van der Waals surface area contributed by atoms with E-state index in [1.807, 2.05) is 13.0 Å². The number of aldehydes is 2. The standard InChI is InChI=1S/C11H16N2S.C8H6O2/c1-2-13-10-6-5-9(4-3-7-12)8-11(10)14;9-5-7-3-1-2-4-8(7)6-10/h2,5-6,8,14H,3-4,7,12H2,1H3;1-6H. The third-order valence-corrected chi connectivity index (χ3v) is 3.59. The predicted molar refractivity (Wildman–Crippen MR) is 102 cm³/mol. The van der Waals surface area contributed by atoms with Crippen LogP contribution in [0.25, 0.3) is 0 Å². The second-order valence-electron chi connectivity index (χ2n) is 4.97. The van der Waals surface area contributed by atoms with Crippen LogP contribution in [-0.2, 0) is 6.42 Å². The molecule has 0 amide bonds. The first kappa shape index (κ1) is 19.8. The second kappa shape index (κ2) is 11.3. The van der Waals surface area contributed by atoms with Crippen LogP contribution in [0, 0.1) is 0 Å². The van der Waals surface area contributed by atoms with Crippen LogP contribution in [0.15, 0.2) is 52.4 Å². The molecule has 24 heavy (non-hydrogen) atoms. The number of nitrogens with zero attached hydrogens (tertiary/aromatic N) is 1. The van der Waals surface area contributed by atoms with E-state index >= 15 is 0 Å². The van der Waals surface area contributed by atoms with E-state index in [-0.39, 0.29) is 0 Å². The molecule has 0 aromatic heterocycles. The molecule has 0 atom stereocenters. The smallest absolute Gasteiger partial charge is 0.150 e. The van der Waals surface area contributed by atoms with Gasteiger partial charge in [0.2, 0.25) is 0 Å². The summed E-state index contributed by atoms with van der Waals surface area (Å²) in [5.74, 6) is 0. The Balaban J connectivity index is 0.000000254. The van der Waals surface area contributed by atoms with Crippen molar-refractivity contribution in [2.75, 3.05) is 6.54 Å². The van der Waals surface area contributed by atoms with E-state index < -0.39 is 0 Å². The van der Waals surface area contributed by atoms with Crippen LogP contribution < -0.4 is 5.73 Å². The summed E-state index contributed by atoms with van der Waals surface area (Å²) in [4.78, 5) is 25.6. The summed E-state index contributed by atoms with van der Waals surface area (Å²) in [7, 11) is 0. The number of hydrogen-bond donors (Lipinski definition) is 2. The highest BCUT2D eigenvalue weighted by Crippen LogP contribution is 2.24. The van der Waals surface area contributed by atoms with Gasteiger partial charge in [0.15, 0.2) is 12.6 Å². The minimum Gasteiger partial charge on any atom is -0.330 e. The zero-order valence-corrected chi connectivity index (χ0v) is 14.6. The molecule has 0 radical (unpaired) electrons. The van der Waals surface area contributed by atoms with Crippen molar-refractivity contribution >= 4 is 37.1 Å². The van der Waals surface area contributed by atoms with Crippen molar-refractivity contribution in [1.82, 2.24) is 0 Å². The summed E-state index contributed by atoms with van der Waals surface area (Å²) >= 11 is 4.38. The van der Waals surface area contributed by atoms with Gasteiger partial charge in [0.1, 0.15) is 0 Å². The van der Waals surface area contributed by atoms with Crippen molar-refractivity contribution in [2.45, 2.75) is 24.7 Å². The van der Waals surface area contributed by atoms with Crippen molar-refractivity contribution in [3.8, 4) is 0 Å². The molecule has 0 saturated heterocycles. The molecule has 2 N–H and O–H groups in total. The van der Waals surface area contributed by atoms with Crippen LogP contribution in [0.5, 0.6) is 0 Å². The molecule has 0 aliphatic carbocycles. The van der Waals surface area contributed by atoms with Crippen LogP contribution >= 0.6 is 12.6 Å². The van der Waals surface area contributed by atoms with Gasteiger partial charge in [0, 0.05) is 22.2 Å². The Kier molecular flexibility index (Phi) is 9.34. The maximum Gasteiger partial charge on any atom is 0.150 e. The van der Waals surface area contributed by atoms with E-state index in [4.69, 9.17) is 5.73 Å². The fraction of sp³-hybridized carbons (Fsp3) is 0.211. The van der Waals surface area contributed by atoms with Gasteiger partial charge in [-0.25, -0.2) is 0 Å². The lowest BCUT2D eigenvalue weighted by atomic mass is 10.1. The summed E-state index contributed by atoms with van der Waals surface area (Å²) in [6.07, 6.45) is 5.14. The number of carbonyl (C=O) groups is 2. The van der Waals surface area contributed by atoms with Gasteiger partial charge in [-0.2, -0.15) is 0 Å². The Morgan fingerprint density at radius 1 is 1.08 bits per heavy atom. The molecule has 0 aliphatic rings. The number of carbonyl (C=O) groups excluding carboxylic acids is 2. The van der Waals surface area contributed by atoms with Crippen LogP contribution in [0.1, 0.15) is 39.6 Å². The largest absolute Gasteiger partial charge is 0.330 e. The van der Waals surface area contributed by atoms with E-state index in [0.717, 1.165) is 30.0 Å². The van der Waals surface area contributed by atoms with Crippen LogP contribution in [0.3, 0.4) is 0 Å². The fourth-order valence-corrected chi connectivity index (χ4v) is 2.30. The number of thiol groups is 1. The molecule has 2 rings (SSSR count). The molecule has 0 spiro atoms. The number of benzene rings is 2. The average molecular weight is 342 g/mol. The summed E-state index contributed by atoms with van der Waals surface area (Å²) in [6, 6.07) is 12.8. The highest BCUT2D eigenvalue weighted by molar-refractivity contribution is 7.80. The minimum atomic E-state index is 0.442. The van der Waals surface area contributed by atoms with Crippen molar-refractivity contribution < 1.29 is 9.59 Å². The quantitative estimate of drug-likeness (QED) is 0.475. The minimum absolute atomic E-state index is 0.442. The molecule has 0 saturated carbocycles. The molecule has 2 aromatic rings. The zero-order chi connectivity index (χ0) is 17.8. The SMILES string of the molecule is CC=Nc1ccc(CCCN)cc1S.O=Cc1ccccc1C=O. The summed E-state index contributed by atoms with van der Waals surface area (Å²) in [5, 5.41) is 0. The van der Waals surface area contributed by atoms with Crippen molar-refractivity contribution in [3.63, 3.8) is 0 Å². The molecule has 0 fully saturated rings. The highest BCUT2D eigenvalue weighted by atomic mass is 32.1. The van der Waals surface area contributed by atoms with Gasteiger partial charge in [0.05, 0.1) is 5.69 Å². The Morgan fingerprint density at radius 2 is 1.71 bits per heavy atom. The number of hydrogen-bond acceptors (Lipinski definition) is 5. The van der Waals surface area contributed by atoms with Crippen LogP contribution in [0.2, 0.25) is 0 Å². The molecular formula is C19H22N2O2S. The number of aliphatic imine (C=N–C) groups is 1. The van der Waals surface area contributed by atoms with Crippen LogP contribution in [-0.4, -0.2) is 25.3 Å². The second-order valence-corrected chi connectivity index (χ2v) is 5.45. The Bertz CT molecular complexity index is 673. The topological polar surface area (TPSA) is 72.5 Å². The highest BCUT2D eigenvalue weighted by Gasteiger charge is 1.98. The van der Waals surface area contributed by atoms with Gasteiger partial charge >= 0.3 is 0 Å². The maximum absolute atomic E-state index is 10.2. The third kappa shape index (κ3) is 6.48. The zero-order valence-electron chi connectivity index (χ0n) is 13.7. The number of aryl methyl sites for hydroxylation is 1. The molecule has 0 unspecified atom stereocenters. The summed E-state index contributed by atoms with van der Waals surface area (Å²) in [5.41, 5.74) is 8.53. The monoisotopic (exact) mass is 342 g/mol. The lowest BCUT2D eigenvalue weighted by Crippen LogP contribution is -2.00. The van der Waals surface area contributed by atoms with Crippen molar-refractivity contribution in [3.05, 3.63) is 59.2 Å². The molecule has 5 heteroatoms. The first-order valence-corrected chi connectivity index (χ1v) is 8.11. The van der Waals surface area contributed by atoms with Crippen molar-refractivity contribution in [2.24, 2.45) is 10.7 Å². The lowest BCUT2D eigenvalue weighted by molar-refractivity contribution is 0.109. The van der Waals surface area contributed by atoms with Gasteiger partial charge in [-0.15, -0.1) is 12.6 Å². The summed E-state index contributed by atoms with van der Waals surface area (Å²) < 4.78 is 0. The Hall–Kier alpha value is -2.24. The molecule has 0 bridgehead atoms. The Labute approximate surface area is 148 Å². The van der Waals surface area contributed by atoms with Gasteiger partial charge < -0.3 is 5.73 Å². The molecule has 0 heterocycles. The third-order valence-electron chi connectivity index (χ3n) is 3.23. The molecule has 2 aromatic carbocycles.